The molecule has 2 nitrogen and oxygen atoms in total. The molecule has 1 unspecified atom stereocenters. The lowest BCUT2D eigenvalue weighted by Gasteiger charge is -2.20. The molecule has 100 valence electrons. The Morgan fingerprint density at radius 3 is 2.26 bits per heavy atom. The SMILES string of the molecule is Cc1ccccc1CC(NN)c1c(Cl)cccc1Cl. The summed E-state index contributed by atoms with van der Waals surface area (Å²) in [6.45, 7) is 2.08. The molecule has 2 aromatic rings. The summed E-state index contributed by atoms with van der Waals surface area (Å²) in [6, 6.07) is 13.6. The van der Waals surface area contributed by atoms with Gasteiger partial charge in [0.05, 0.1) is 6.04 Å². The van der Waals surface area contributed by atoms with Gasteiger partial charge in [-0.1, -0.05) is 53.5 Å². The van der Waals surface area contributed by atoms with Gasteiger partial charge in [-0.3, -0.25) is 11.3 Å². The van der Waals surface area contributed by atoms with E-state index in [1.54, 1.807) is 0 Å². The van der Waals surface area contributed by atoms with Gasteiger partial charge in [-0.15, -0.1) is 0 Å². The molecule has 2 aromatic carbocycles. The topological polar surface area (TPSA) is 38.0 Å². The number of halogens is 2. The number of rotatable bonds is 4. The van der Waals surface area contributed by atoms with Crippen LogP contribution < -0.4 is 11.3 Å². The van der Waals surface area contributed by atoms with Crippen molar-refractivity contribution >= 4 is 23.2 Å². The highest BCUT2D eigenvalue weighted by atomic mass is 35.5. The van der Waals surface area contributed by atoms with E-state index in [0.717, 1.165) is 12.0 Å². The van der Waals surface area contributed by atoms with Gasteiger partial charge in [-0.2, -0.15) is 0 Å². The second-order valence-electron chi connectivity index (χ2n) is 4.49. The van der Waals surface area contributed by atoms with Crippen LogP contribution in [0.25, 0.3) is 0 Å². The normalized spacial score (nSPS) is 12.4. The zero-order valence-corrected chi connectivity index (χ0v) is 12.2. The monoisotopic (exact) mass is 294 g/mol. The number of hydrogen-bond donors (Lipinski definition) is 2. The standard InChI is InChI=1S/C15H16Cl2N2/c1-10-5-2-3-6-11(10)9-14(19-18)15-12(16)7-4-8-13(15)17/h2-8,14,19H,9,18H2,1H3. The molecular weight excluding hydrogens is 279 g/mol. The van der Waals surface area contributed by atoms with Crippen molar-refractivity contribution in [3.05, 3.63) is 69.2 Å². The smallest absolute Gasteiger partial charge is 0.0529 e. The molecule has 4 heteroatoms. The van der Waals surface area contributed by atoms with Crippen molar-refractivity contribution in [1.82, 2.24) is 5.43 Å². The van der Waals surface area contributed by atoms with Crippen molar-refractivity contribution in [2.75, 3.05) is 0 Å². The number of hydrogen-bond acceptors (Lipinski definition) is 2. The van der Waals surface area contributed by atoms with Crippen LogP contribution in [0.4, 0.5) is 0 Å². The summed E-state index contributed by atoms with van der Waals surface area (Å²) in [5, 5.41) is 1.26. The molecule has 0 aliphatic carbocycles. The largest absolute Gasteiger partial charge is 0.271 e. The van der Waals surface area contributed by atoms with Crippen LogP contribution in [0, 0.1) is 6.92 Å². The van der Waals surface area contributed by atoms with Gasteiger partial charge in [-0.05, 0) is 36.6 Å². The van der Waals surface area contributed by atoms with Crippen LogP contribution in [0.2, 0.25) is 10.0 Å². The Bertz CT molecular complexity index is 550. The van der Waals surface area contributed by atoms with Crippen LogP contribution in [-0.4, -0.2) is 0 Å². The molecular formula is C15H16Cl2N2. The fourth-order valence-corrected chi connectivity index (χ4v) is 2.81. The second-order valence-corrected chi connectivity index (χ2v) is 5.30. The zero-order chi connectivity index (χ0) is 13.8. The van der Waals surface area contributed by atoms with Gasteiger partial charge in [0.2, 0.25) is 0 Å². The summed E-state index contributed by atoms with van der Waals surface area (Å²) < 4.78 is 0. The number of hydrazine groups is 1. The Morgan fingerprint density at radius 1 is 1.05 bits per heavy atom. The second kappa shape index (κ2) is 6.40. The molecule has 0 aliphatic rings. The Labute approximate surface area is 123 Å². The van der Waals surface area contributed by atoms with Gasteiger partial charge in [0.25, 0.3) is 0 Å². The minimum absolute atomic E-state index is 0.109. The van der Waals surface area contributed by atoms with Crippen LogP contribution in [0.3, 0.4) is 0 Å². The number of nitrogens with two attached hydrogens (primary N) is 1. The van der Waals surface area contributed by atoms with Gasteiger partial charge < -0.3 is 0 Å². The summed E-state index contributed by atoms with van der Waals surface area (Å²) in [5.41, 5.74) is 6.10. The minimum Gasteiger partial charge on any atom is -0.271 e. The van der Waals surface area contributed by atoms with E-state index in [1.807, 2.05) is 30.3 Å². The summed E-state index contributed by atoms with van der Waals surface area (Å²) in [4.78, 5) is 0. The fraction of sp³-hybridized carbons (Fsp3) is 0.200. The Kier molecular flexibility index (Phi) is 4.83. The van der Waals surface area contributed by atoms with E-state index in [1.165, 1.54) is 11.1 Å². The minimum atomic E-state index is -0.109. The molecule has 0 aliphatic heterocycles. The first-order valence-electron chi connectivity index (χ1n) is 6.08. The first-order valence-corrected chi connectivity index (χ1v) is 6.83. The zero-order valence-electron chi connectivity index (χ0n) is 10.7. The third kappa shape index (κ3) is 3.28. The Hall–Kier alpha value is -1.06. The molecule has 3 N–H and O–H groups in total. The quantitative estimate of drug-likeness (QED) is 0.659. The van der Waals surface area contributed by atoms with Crippen LogP contribution in [0.1, 0.15) is 22.7 Å². The maximum absolute atomic E-state index is 6.23. The maximum atomic E-state index is 6.23. The molecule has 0 amide bonds. The average molecular weight is 295 g/mol. The van der Waals surface area contributed by atoms with Crippen molar-refractivity contribution < 1.29 is 0 Å². The third-order valence-electron chi connectivity index (χ3n) is 3.23. The Balaban J connectivity index is 2.34. The van der Waals surface area contributed by atoms with Crippen molar-refractivity contribution in [1.29, 1.82) is 0 Å². The Morgan fingerprint density at radius 2 is 1.68 bits per heavy atom. The summed E-state index contributed by atoms with van der Waals surface area (Å²) in [7, 11) is 0. The van der Waals surface area contributed by atoms with Gasteiger partial charge in [0.1, 0.15) is 0 Å². The van der Waals surface area contributed by atoms with E-state index in [2.05, 4.69) is 24.5 Å². The van der Waals surface area contributed by atoms with Crippen LogP contribution in [0.15, 0.2) is 42.5 Å². The molecule has 1 atom stereocenters. The molecule has 0 heterocycles. The average Bonchev–Trinajstić information content (AvgIpc) is 2.39. The molecule has 0 bridgehead atoms. The van der Waals surface area contributed by atoms with Crippen molar-refractivity contribution in [2.45, 2.75) is 19.4 Å². The summed E-state index contributed by atoms with van der Waals surface area (Å²) >= 11 is 12.5. The van der Waals surface area contributed by atoms with E-state index in [-0.39, 0.29) is 6.04 Å². The van der Waals surface area contributed by atoms with Crippen LogP contribution in [-0.2, 0) is 6.42 Å². The van der Waals surface area contributed by atoms with E-state index in [0.29, 0.717) is 10.0 Å². The van der Waals surface area contributed by atoms with E-state index < -0.39 is 0 Å². The summed E-state index contributed by atoms with van der Waals surface area (Å²) in [6.07, 6.45) is 0.743. The molecule has 19 heavy (non-hydrogen) atoms. The molecule has 0 radical (unpaired) electrons. The molecule has 0 aromatic heterocycles. The first kappa shape index (κ1) is 14.4. The first-order chi connectivity index (χ1) is 9.13. The summed E-state index contributed by atoms with van der Waals surface area (Å²) in [5.74, 6) is 5.67. The third-order valence-corrected chi connectivity index (χ3v) is 3.89. The van der Waals surface area contributed by atoms with E-state index in [4.69, 9.17) is 29.0 Å². The molecule has 0 fully saturated rings. The number of nitrogens with one attached hydrogen (secondary N) is 1. The predicted molar refractivity (Wildman–Crippen MR) is 81.4 cm³/mol. The van der Waals surface area contributed by atoms with Crippen LogP contribution in [0.5, 0.6) is 0 Å². The lowest BCUT2D eigenvalue weighted by atomic mass is 9.96. The van der Waals surface area contributed by atoms with Crippen molar-refractivity contribution in [3.8, 4) is 0 Å². The van der Waals surface area contributed by atoms with Gasteiger partial charge in [0, 0.05) is 15.6 Å². The van der Waals surface area contributed by atoms with Gasteiger partial charge in [-0.25, -0.2) is 0 Å². The molecule has 0 saturated heterocycles. The van der Waals surface area contributed by atoms with Crippen molar-refractivity contribution in [3.63, 3.8) is 0 Å². The van der Waals surface area contributed by atoms with E-state index >= 15 is 0 Å². The highest BCUT2D eigenvalue weighted by molar-refractivity contribution is 6.36. The molecule has 0 spiro atoms. The lowest BCUT2D eigenvalue weighted by molar-refractivity contribution is 0.551. The maximum Gasteiger partial charge on any atom is 0.0529 e. The molecule has 0 saturated carbocycles. The van der Waals surface area contributed by atoms with Gasteiger partial charge >= 0.3 is 0 Å². The predicted octanol–water partition coefficient (Wildman–Crippen LogP) is 4.05. The fourth-order valence-electron chi connectivity index (χ4n) is 2.15. The van der Waals surface area contributed by atoms with Crippen LogP contribution >= 0.6 is 23.2 Å². The number of aryl methyl sites for hydroxylation is 1. The van der Waals surface area contributed by atoms with Crippen molar-refractivity contribution in [2.24, 2.45) is 5.84 Å². The lowest BCUT2D eigenvalue weighted by Crippen LogP contribution is -2.30. The number of benzene rings is 2. The molecule has 2 rings (SSSR count). The van der Waals surface area contributed by atoms with Gasteiger partial charge in [0.15, 0.2) is 0 Å². The highest BCUT2D eigenvalue weighted by Crippen LogP contribution is 2.32. The van der Waals surface area contributed by atoms with E-state index in [9.17, 15) is 0 Å². The highest BCUT2D eigenvalue weighted by Gasteiger charge is 2.17.